The summed E-state index contributed by atoms with van der Waals surface area (Å²) in [5.74, 6) is 7.26. The van der Waals surface area contributed by atoms with E-state index in [9.17, 15) is 0 Å². The Morgan fingerprint density at radius 1 is 0.833 bits per heavy atom. The molecule has 0 fully saturated rings. The normalized spacial score (nSPS) is 11.8. The second-order valence-electron chi connectivity index (χ2n) is 6.55. The van der Waals surface area contributed by atoms with Crippen molar-refractivity contribution in [1.29, 1.82) is 0 Å². The Morgan fingerprint density at radius 2 is 1.58 bits per heavy atom. The molecule has 0 aliphatic rings. The van der Waals surface area contributed by atoms with E-state index < -0.39 is 0 Å². The summed E-state index contributed by atoms with van der Waals surface area (Å²) in [6.07, 6.45) is 1.03. The number of hydrogen-bond donors (Lipinski definition) is 0. The Balaban J connectivity index is 2.03. The zero-order valence-corrected chi connectivity index (χ0v) is 15.0. The van der Waals surface area contributed by atoms with Gasteiger partial charge < -0.3 is 0 Å². The van der Waals surface area contributed by atoms with Crippen molar-refractivity contribution in [3.63, 3.8) is 0 Å². The monoisotopic (exact) mass is 312 g/mol. The minimum Gasteiger partial charge on any atom is -0.0897 e. The summed E-state index contributed by atoms with van der Waals surface area (Å²) >= 11 is 0. The fourth-order valence-electron chi connectivity index (χ4n) is 3.20. The van der Waals surface area contributed by atoms with E-state index in [4.69, 9.17) is 0 Å². The lowest BCUT2D eigenvalue weighted by Crippen LogP contribution is -1.96. The van der Waals surface area contributed by atoms with Crippen LogP contribution in [0.3, 0.4) is 0 Å². The molecule has 1 atom stereocenters. The molecule has 3 aromatic rings. The quantitative estimate of drug-likeness (QED) is 0.486. The highest BCUT2D eigenvalue weighted by Crippen LogP contribution is 2.24. The summed E-state index contributed by atoms with van der Waals surface area (Å²) in [5.41, 5.74) is 6.43. The number of aryl methyl sites for hydroxylation is 3. The average Bonchev–Trinajstić information content (AvgIpc) is 2.58. The van der Waals surface area contributed by atoms with Gasteiger partial charge >= 0.3 is 0 Å². The fraction of sp³-hybridized carbons (Fsp3) is 0.250. The smallest absolute Gasteiger partial charge is 0.0453 e. The van der Waals surface area contributed by atoms with Gasteiger partial charge in [0.05, 0.1) is 0 Å². The first-order valence-electron chi connectivity index (χ1n) is 8.67. The lowest BCUT2D eigenvalue weighted by molar-refractivity contribution is 0.828. The second kappa shape index (κ2) is 6.93. The molecule has 0 amide bonds. The van der Waals surface area contributed by atoms with Crippen molar-refractivity contribution >= 4 is 10.8 Å². The molecule has 0 spiro atoms. The van der Waals surface area contributed by atoms with Crippen LogP contribution in [0.1, 0.15) is 47.1 Å². The van der Waals surface area contributed by atoms with Gasteiger partial charge in [-0.1, -0.05) is 67.3 Å². The minimum absolute atomic E-state index is 0.281. The highest BCUT2D eigenvalue weighted by Gasteiger charge is 2.07. The molecule has 24 heavy (non-hydrogen) atoms. The Hall–Kier alpha value is -2.52. The van der Waals surface area contributed by atoms with Crippen molar-refractivity contribution in [1.82, 2.24) is 0 Å². The van der Waals surface area contributed by atoms with Crippen molar-refractivity contribution in [3.05, 3.63) is 82.4 Å². The van der Waals surface area contributed by atoms with Gasteiger partial charge in [-0.15, -0.1) is 0 Å². The van der Waals surface area contributed by atoms with Gasteiger partial charge in [-0.25, -0.2) is 0 Å². The van der Waals surface area contributed by atoms with E-state index in [0.29, 0.717) is 0 Å². The maximum Gasteiger partial charge on any atom is 0.0453 e. The molecule has 0 aliphatic heterocycles. The van der Waals surface area contributed by atoms with Gasteiger partial charge in [0, 0.05) is 16.9 Å². The van der Waals surface area contributed by atoms with Gasteiger partial charge in [0.2, 0.25) is 0 Å². The van der Waals surface area contributed by atoms with Crippen LogP contribution >= 0.6 is 0 Å². The van der Waals surface area contributed by atoms with E-state index in [1.165, 1.54) is 33.0 Å². The van der Waals surface area contributed by atoms with E-state index in [-0.39, 0.29) is 5.92 Å². The van der Waals surface area contributed by atoms with Gasteiger partial charge in [-0.05, 0) is 60.9 Å². The van der Waals surface area contributed by atoms with Crippen LogP contribution in [0.5, 0.6) is 0 Å². The summed E-state index contributed by atoms with van der Waals surface area (Å²) < 4.78 is 0. The third-order valence-corrected chi connectivity index (χ3v) is 4.84. The molecular formula is C24H24. The van der Waals surface area contributed by atoms with Crippen LogP contribution in [0.2, 0.25) is 0 Å². The zero-order chi connectivity index (χ0) is 17.1. The highest BCUT2D eigenvalue weighted by atomic mass is 14.1. The Labute approximate surface area is 145 Å². The molecule has 0 saturated carbocycles. The summed E-state index contributed by atoms with van der Waals surface area (Å²) in [6, 6.07) is 19.5. The van der Waals surface area contributed by atoms with Crippen molar-refractivity contribution in [2.24, 2.45) is 0 Å². The van der Waals surface area contributed by atoms with E-state index >= 15 is 0 Å². The highest BCUT2D eigenvalue weighted by molar-refractivity contribution is 5.91. The van der Waals surface area contributed by atoms with Gasteiger partial charge in [0.1, 0.15) is 0 Å². The molecule has 120 valence electrons. The van der Waals surface area contributed by atoms with Crippen molar-refractivity contribution < 1.29 is 0 Å². The molecule has 3 aromatic carbocycles. The molecule has 1 unspecified atom stereocenters. The first-order chi connectivity index (χ1) is 11.6. The van der Waals surface area contributed by atoms with Gasteiger partial charge in [-0.3, -0.25) is 0 Å². The van der Waals surface area contributed by atoms with Gasteiger partial charge in [0.15, 0.2) is 0 Å². The summed E-state index contributed by atoms with van der Waals surface area (Å²) in [6.45, 7) is 8.70. The molecule has 0 N–H and O–H groups in total. The van der Waals surface area contributed by atoms with Crippen LogP contribution in [0, 0.1) is 32.6 Å². The van der Waals surface area contributed by atoms with Gasteiger partial charge in [-0.2, -0.15) is 0 Å². The van der Waals surface area contributed by atoms with E-state index in [1.807, 2.05) is 0 Å². The maximum atomic E-state index is 3.52. The van der Waals surface area contributed by atoms with Gasteiger partial charge in [0.25, 0.3) is 0 Å². The third-order valence-electron chi connectivity index (χ3n) is 4.84. The zero-order valence-electron chi connectivity index (χ0n) is 15.0. The molecule has 0 saturated heterocycles. The molecule has 0 heteroatoms. The second-order valence-corrected chi connectivity index (χ2v) is 6.55. The predicted octanol–water partition coefficient (Wildman–Crippen LogP) is 6.31. The van der Waals surface area contributed by atoms with Crippen molar-refractivity contribution in [2.75, 3.05) is 0 Å². The van der Waals surface area contributed by atoms with E-state index in [2.05, 4.69) is 94.1 Å². The number of benzene rings is 3. The molecule has 0 aliphatic carbocycles. The van der Waals surface area contributed by atoms with E-state index in [0.717, 1.165) is 12.0 Å². The first-order valence-corrected chi connectivity index (χ1v) is 8.67. The number of rotatable bonds is 2. The third kappa shape index (κ3) is 3.22. The number of hydrogen-bond acceptors (Lipinski definition) is 0. The van der Waals surface area contributed by atoms with Crippen molar-refractivity contribution in [3.8, 4) is 11.8 Å². The van der Waals surface area contributed by atoms with Crippen LogP contribution in [-0.2, 0) is 0 Å². The minimum atomic E-state index is 0.281. The van der Waals surface area contributed by atoms with E-state index in [1.54, 1.807) is 0 Å². The molecule has 0 heterocycles. The Kier molecular flexibility index (Phi) is 4.72. The summed E-state index contributed by atoms with van der Waals surface area (Å²) in [7, 11) is 0. The maximum absolute atomic E-state index is 3.52. The van der Waals surface area contributed by atoms with Crippen LogP contribution < -0.4 is 0 Å². The standard InChI is InChI=1S/C24H24/c1-5-20(23-13-12-17(2)19(4)16-23)14-15-22-11-7-10-21-9-6-8-18(3)24(21)22/h6-13,16,20H,5H2,1-4H3. The average molecular weight is 312 g/mol. The van der Waals surface area contributed by atoms with Crippen LogP contribution in [0.4, 0.5) is 0 Å². The molecule has 3 rings (SSSR count). The van der Waals surface area contributed by atoms with Crippen molar-refractivity contribution in [2.45, 2.75) is 40.0 Å². The summed E-state index contributed by atoms with van der Waals surface area (Å²) in [4.78, 5) is 0. The lowest BCUT2D eigenvalue weighted by atomic mass is 9.93. The molecular weight excluding hydrogens is 288 g/mol. The Morgan fingerprint density at radius 3 is 2.29 bits per heavy atom. The summed E-state index contributed by atoms with van der Waals surface area (Å²) in [5, 5.41) is 2.54. The van der Waals surface area contributed by atoms with Crippen LogP contribution in [0.15, 0.2) is 54.6 Å². The number of fused-ring (bicyclic) bond motifs is 1. The molecule has 0 nitrogen and oxygen atoms in total. The molecule has 0 aromatic heterocycles. The SMILES string of the molecule is CCC(C#Cc1cccc2cccc(C)c12)c1ccc(C)c(C)c1. The van der Waals surface area contributed by atoms with Crippen LogP contribution in [0.25, 0.3) is 10.8 Å². The largest absolute Gasteiger partial charge is 0.0897 e. The predicted molar refractivity (Wildman–Crippen MR) is 105 cm³/mol. The molecule has 0 radical (unpaired) electrons. The lowest BCUT2D eigenvalue weighted by Gasteiger charge is -2.11. The van der Waals surface area contributed by atoms with Crippen LogP contribution in [-0.4, -0.2) is 0 Å². The fourth-order valence-corrected chi connectivity index (χ4v) is 3.20. The first kappa shape index (κ1) is 16.3. The Bertz CT molecular complexity index is 930. The topological polar surface area (TPSA) is 0 Å². The molecule has 0 bridgehead atoms.